The first-order valence-corrected chi connectivity index (χ1v) is 10.1. The molecule has 31 heavy (non-hydrogen) atoms. The molecular formula is C24H19ClN2O4. The van der Waals surface area contributed by atoms with Gasteiger partial charge in [-0.05, 0) is 23.8 Å². The lowest BCUT2D eigenvalue weighted by molar-refractivity contribution is -0.126. The molecule has 1 atom stereocenters. The van der Waals surface area contributed by atoms with E-state index in [1.165, 1.54) is 4.90 Å². The third kappa shape index (κ3) is 4.15. The van der Waals surface area contributed by atoms with Crippen LogP contribution in [0.15, 0.2) is 84.9 Å². The third-order valence-electron chi connectivity index (χ3n) is 4.99. The Bertz CT molecular complexity index is 1100. The molecule has 0 radical (unpaired) electrons. The second-order valence-corrected chi connectivity index (χ2v) is 7.34. The highest BCUT2D eigenvalue weighted by molar-refractivity contribution is 6.32. The van der Waals surface area contributed by atoms with E-state index >= 15 is 0 Å². The monoisotopic (exact) mass is 434 g/mol. The standard InChI is InChI=1S/C24H19ClN2O4/c25-20-14-8-7-13-19(20)21-22(28)27(23(29)26(21)18-11-5-2-6-12-18)24(30)31-16-15-17-9-3-1-4-10-17/h1-14,21H,15-16H2. The maximum Gasteiger partial charge on any atom is 0.425 e. The lowest BCUT2D eigenvalue weighted by Crippen LogP contribution is -2.38. The topological polar surface area (TPSA) is 66.9 Å². The number of para-hydroxylation sites is 1. The van der Waals surface area contributed by atoms with Crippen molar-refractivity contribution in [1.29, 1.82) is 0 Å². The molecule has 0 spiro atoms. The van der Waals surface area contributed by atoms with Crippen molar-refractivity contribution in [2.45, 2.75) is 12.5 Å². The van der Waals surface area contributed by atoms with Crippen molar-refractivity contribution in [2.75, 3.05) is 11.5 Å². The number of ether oxygens (including phenoxy) is 1. The molecule has 6 nitrogen and oxygen atoms in total. The van der Waals surface area contributed by atoms with Crippen LogP contribution in [0.4, 0.5) is 15.3 Å². The van der Waals surface area contributed by atoms with Crippen molar-refractivity contribution in [2.24, 2.45) is 0 Å². The minimum absolute atomic E-state index is 0.0437. The van der Waals surface area contributed by atoms with E-state index in [-0.39, 0.29) is 6.61 Å². The molecular weight excluding hydrogens is 416 g/mol. The van der Waals surface area contributed by atoms with E-state index < -0.39 is 24.1 Å². The fourth-order valence-corrected chi connectivity index (χ4v) is 3.73. The van der Waals surface area contributed by atoms with E-state index in [0.29, 0.717) is 27.6 Å². The average molecular weight is 435 g/mol. The van der Waals surface area contributed by atoms with Crippen molar-refractivity contribution < 1.29 is 19.1 Å². The summed E-state index contributed by atoms with van der Waals surface area (Å²) in [5.74, 6) is -0.702. The van der Waals surface area contributed by atoms with Gasteiger partial charge in [0.1, 0.15) is 6.04 Å². The van der Waals surface area contributed by atoms with Gasteiger partial charge in [0, 0.05) is 22.7 Å². The summed E-state index contributed by atoms with van der Waals surface area (Å²) < 4.78 is 5.26. The Kier molecular flexibility index (Phi) is 6.00. The number of rotatable bonds is 5. The number of nitrogens with zero attached hydrogens (tertiary/aromatic N) is 2. The highest BCUT2D eigenvalue weighted by Crippen LogP contribution is 2.38. The molecule has 1 aliphatic heterocycles. The first kappa shape index (κ1) is 20.6. The van der Waals surface area contributed by atoms with Crippen LogP contribution in [0.1, 0.15) is 17.2 Å². The van der Waals surface area contributed by atoms with Crippen LogP contribution in [0.5, 0.6) is 0 Å². The maximum absolute atomic E-state index is 13.2. The van der Waals surface area contributed by atoms with Gasteiger partial charge < -0.3 is 4.74 Å². The summed E-state index contributed by atoms with van der Waals surface area (Å²) in [6, 6.07) is 23.1. The van der Waals surface area contributed by atoms with Gasteiger partial charge in [0.2, 0.25) is 0 Å². The summed E-state index contributed by atoms with van der Waals surface area (Å²) in [4.78, 5) is 40.9. The van der Waals surface area contributed by atoms with Gasteiger partial charge in [-0.25, -0.2) is 9.59 Å². The van der Waals surface area contributed by atoms with Gasteiger partial charge >= 0.3 is 12.1 Å². The molecule has 0 bridgehead atoms. The van der Waals surface area contributed by atoms with Crippen LogP contribution in [-0.4, -0.2) is 29.5 Å². The number of carbonyl (C=O) groups excluding carboxylic acids is 3. The maximum atomic E-state index is 13.2. The predicted octanol–water partition coefficient (Wildman–Crippen LogP) is 5.23. The van der Waals surface area contributed by atoms with E-state index in [1.54, 1.807) is 54.6 Å². The van der Waals surface area contributed by atoms with Gasteiger partial charge in [0.25, 0.3) is 5.91 Å². The minimum Gasteiger partial charge on any atom is -0.448 e. The molecule has 0 aromatic heterocycles. The summed E-state index contributed by atoms with van der Waals surface area (Å²) in [5, 5.41) is 0.328. The zero-order chi connectivity index (χ0) is 21.8. The van der Waals surface area contributed by atoms with Gasteiger partial charge in [-0.15, -0.1) is 0 Å². The fourth-order valence-electron chi connectivity index (χ4n) is 3.50. The summed E-state index contributed by atoms with van der Waals surface area (Å²) in [6.07, 6.45) is -0.527. The summed E-state index contributed by atoms with van der Waals surface area (Å²) in [5.41, 5.74) is 1.89. The Morgan fingerprint density at radius 3 is 2.16 bits per heavy atom. The van der Waals surface area contributed by atoms with Crippen molar-refractivity contribution in [3.05, 3.63) is 101 Å². The molecule has 1 heterocycles. The van der Waals surface area contributed by atoms with E-state index in [1.807, 2.05) is 30.3 Å². The number of imide groups is 3. The van der Waals surface area contributed by atoms with Crippen molar-refractivity contribution in [3.8, 4) is 0 Å². The molecule has 0 N–H and O–H groups in total. The lowest BCUT2D eigenvalue weighted by Gasteiger charge is -2.22. The Morgan fingerprint density at radius 1 is 0.871 bits per heavy atom. The molecule has 3 aromatic carbocycles. The van der Waals surface area contributed by atoms with Crippen LogP contribution in [0.25, 0.3) is 0 Å². The Balaban J connectivity index is 1.60. The highest BCUT2D eigenvalue weighted by Gasteiger charge is 2.51. The Hall–Kier alpha value is -3.64. The molecule has 7 heteroatoms. The number of amides is 4. The van der Waals surface area contributed by atoms with Crippen LogP contribution in [0.2, 0.25) is 5.02 Å². The van der Waals surface area contributed by atoms with Gasteiger partial charge in [-0.2, -0.15) is 4.90 Å². The normalized spacial score (nSPS) is 16.0. The lowest BCUT2D eigenvalue weighted by atomic mass is 10.1. The van der Waals surface area contributed by atoms with Crippen LogP contribution in [0, 0.1) is 0 Å². The number of carbonyl (C=O) groups is 3. The molecule has 156 valence electrons. The van der Waals surface area contributed by atoms with Crippen molar-refractivity contribution in [1.82, 2.24) is 4.90 Å². The van der Waals surface area contributed by atoms with E-state index in [2.05, 4.69) is 0 Å². The van der Waals surface area contributed by atoms with Gasteiger partial charge in [-0.3, -0.25) is 9.69 Å². The summed E-state index contributed by atoms with van der Waals surface area (Å²) in [7, 11) is 0. The number of hydrogen-bond donors (Lipinski definition) is 0. The second kappa shape index (κ2) is 9.02. The van der Waals surface area contributed by atoms with E-state index in [0.717, 1.165) is 5.56 Å². The molecule has 0 aliphatic carbocycles. The quantitative estimate of drug-likeness (QED) is 0.516. The number of hydrogen-bond acceptors (Lipinski definition) is 4. The average Bonchev–Trinajstić information content (AvgIpc) is 3.05. The molecule has 4 amide bonds. The van der Waals surface area contributed by atoms with Gasteiger partial charge in [-0.1, -0.05) is 78.3 Å². The number of benzene rings is 3. The van der Waals surface area contributed by atoms with E-state index in [9.17, 15) is 14.4 Å². The molecule has 0 saturated carbocycles. The third-order valence-corrected chi connectivity index (χ3v) is 5.33. The number of urea groups is 1. The van der Waals surface area contributed by atoms with Gasteiger partial charge in [0.15, 0.2) is 0 Å². The number of anilines is 1. The van der Waals surface area contributed by atoms with Crippen LogP contribution in [0.3, 0.4) is 0 Å². The smallest absolute Gasteiger partial charge is 0.425 e. The van der Waals surface area contributed by atoms with Crippen LogP contribution in [-0.2, 0) is 16.0 Å². The predicted molar refractivity (Wildman–Crippen MR) is 117 cm³/mol. The van der Waals surface area contributed by atoms with E-state index in [4.69, 9.17) is 16.3 Å². The van der Waals surface area contributed by atoms with Crippen molar-refractivity contribution >= 4 is 35.3 Å². The summed E-state index contributed by atoms with van der Waals surface area (Å²) in [6.45, 7) is 0.0437. The fraction of sp³-hybridized carbons (Fsp3) is 0.125. The minimum atomic E-state index is -1.06. The zero-order valence-electron chi connectivity index (χ0n) is 16.5. The van der Waals surface area contributed by atoms with Crippen LogP contribution < -0.4 is 4.90 Å². The SMILES string of the molecule is O=C(OCCc1ccccc1)N1C(=O)C(c2ccccc2Cl)N(c2ccccc2)C1=O. The zero-order valence-corrected chi connectivity index (χ0v) is 17.2. The Morgan fingerprint density at radius 2 is 1.48 bits per heavy atom. The highest BCUT2D eigenvalue weighted by atomic mass is 35.5. The molecule has 3 aromatic rings. The first-order valence-electron chi connectivity index (χ1n) is 9.75. The molecule has 1 fully saturated rings. The molecule has 4 rings (SSSR count). The first-order chi connectivity index (χ1) is 15.1. The molecule has 1 unspecified atom stereocenters. The second-order valence-electron chi connectivity index (χ2n) is 6.94. The molecule has 1 aliphatic rings. The molecule has 1 saturated heterocycles. The van der Waals surface area contributed by atoms with Crippen molar-refractivity contribution in [3.63, 3.8) is 0 Å². The largest absolute Gasteiger partial charge is 0.448 e. The number of halogens is 1. The summed E-state index contributed by atoms with van der Waals surface area (Å²) >= 11 is 6.32. The van der Waals surface area contributed by atoms with Crippen LogP contribution >= 0.6 is 11.6 Å². The van der Waals surface area contributed by atoms with Gasteiger partial charge in [0.05, 0.1) is 6.61 Å². The Labute approximate surface area is 184 Å².